The lowest BCUT2D eigenvalue weighted by molar-refractivity contribution is 0.358. The van der Waals surface area contributed by atoms with E-state index in [9.17, 15) is 5.26 Å². The number of nitrogens with two attached hydrogens (primary N) is 1. The Labute approximate surface area is 137 Å². The van der Waals surface area contributed by atoms with Gasteiger partial charge in [-0.05, 0) is 18.6 Å². The first kappa shape index (κ1) is 14.8. The number of ether oxygens (including phenoxy) is 1. The van der Waals surface area contributed by atoms with Gasteiger partial charge in [-0.2, -0.15) is 10.4 Å². The molecule has 0 saturated carbocycles. The normalized spacial score (nSPS) is 17.0. The van der Waals surface area contributed by atoms with Gasteiger partial charge in [-0.3, -0.25) is 0 Å². The average molecular weight is 335 g/mol. The van der Waals surface area contributed by atoms with E-state index < -0.39 is 5.92 Å². The van der Waals surface area contributed by atoms with Gasteiger partial charge in [0.1, 0.15) is 11.6 Å². The van der Waals surface area contributed by atoms with Gasteiger partial charge in [0.25, 0.3) is 0 Å². The molecule has 3 rings (SSSR count). The van der Waals surface area contributed by atoms with Crippen LogP contribution in [-0.4, -0.2) is 9.78 Å². The van der Waals surface area contributed by atoms with Crippen LogP contribution in [0.25, 0.3) is 0 Å². The van der Waals surface area contributed by atoms with Crippen molar-refractivity contribution in [1.82, 2.24) is 9.78 Å². The van der Waals surface area contributed by atoms with Crippen molar-refractivity contribution in [3.8, 4) is 11.9 Å². The van der Waals surface area contributed by atoms with Gasteiger partial charge >= 0.3 is 0 Å². The molecule has 1 aliphatic rings. The number of aromatic nitrogens is 2. The van der Waals surface area contributed by atoms with Crippen molar-refractivity contribution >= 4 is 23.2 Å². The predicted octanol–water partition coefficient (Wildman–Crippen LogP) is 3.25. The van der Waals surface area contributed by atoms with Crippen molar-refractivity contribution in [1.29, 1.82) is 5.26 Å². The second-order valence-electron chi connectivity index (χ2n) is 5.00. The maximum Gasteiger partial charge on any atom is 0.224 e. The Morgan fingerprint density at radius 1 is 1.41 bits per heavy atom. The third-order valence-electron chi connectivity index (χ3n) is 3.68. The molecule has 0 unspecified atom stereocenters. The first-order chi connectivity index (χ1) is 10.5. The molecule has 2 heterocycles. The molecule has 0 fully saturated rings. The standard InChI is InChI=1S/C15H12Cl2N4O/c1-7-11-12(8-4-3-5-10(16)13(8)17)9(6-18)14(19)22-15(11)21(2)20-7/h3-5,12H,19H2,1-2H3/t12-/m1/s1. The number of halogens is 2. The zero-order chi connectivity index (χ0) is 16.0. The summed E-state index contributed by atoms with van der Waals surface area (Å²) in [6.07, 6.45) is 0. The molecule has 0 amide bonds. The van der Waals surface area contributed by atoms with Crippen molar-refractivity contribution in [2.45, 2.75) is 12.8 Å². The lowest BCUT2D eigenvalue weighted by atomic mass is 9.84. The summed E-state index contributed by atoms with van der Waals surface area (Å²) in [5.41, 5.74) is 8.44. The van der Waals surface area contributed by atoms with Gasteiger partial charge in [0, 0.05) is 7.05 Å². The van der Waals surface area contributed by atoms with Crippen LogP contribution in [0.3, 0.4) is 0 Å². The molecule has 112 valence electrons. The van der Waals surface area contributed by atoms with Gasteiger partial charge in [0.2, 0.25) is 11.8 Å². The third kappa shape index (κ3) is 2.04. The van der Waals surface area contributed by atoms with E-state index in [0.29, 0.717) is 27.1 Å². The Kier molecular flexibility index (Phi) is 3.51. The van der Waals surface area contributed by atoms with E-state index in [-0.39, 0.29) is 5.88 Å². The number of nitrogens with zero attached hydrogens (tertiary/aromatic N) is 3. The molecule has 22 heavy (non-hydrogen) atoms. The van der Waals surface area contributed by atoms with E-state index in [2.05, 4.69) is 11.2 Å². The average Bonchev–Trinajstić information content (AvgIpc) is 2.75. The van der Waals surface area contributed by atoms with E-state index in [1.807, 2.05) is 13.0 Å². The van der Waals surface area contributed by atoms with Gasteiger partial charge in [-0.25, -0.2) is 4.68 Å². The van der Waals surface area contributed by atoms with Crippen molar-refractivity contribution < 1.29 is 4.74 Å². The van der Waals surface area contributed by atoms with Crippen LogP contribution in [0.5, 0.6) is 5.88 Å². The molecule has 1 atom stereocenters. The summed E-state index contributed by atoms with van der Waals surface area (Å²) >= 11 is 12.5. The van der Waals surface area contributed by atoms with Crippen molar-refractivity contribution in [2.24, 2.45) is 12.8 Å². The molecule has 2 N–H and O–H groups in total. The van der Waals surface area contributed by atoms with Gasteiger partial charge in [-0.15, -0.1) is 0 Å². The highest BCUT2D eigenvalue weighted by Crippen LogP contribution is 2.46. The Morgan fingerprint density at radius 3 is 2.82 bits per heavy atom. The molecule has 1 aromatic heterocycles. The summed E-state index contributed by atoms with van der Waals surface area (Å²) in [5, 5.41) is 14.7. The van der Waals surface area contributed by atoms with Crippen LogP contribution >= 0.6 is 23.2 Å². The Bertz CT molecular complexity index is 848. The zero-order valence-electron chi connectivity index (χ0n) is 11.9. The number of allylic oxidation sites excluding steroid dienone is 1. The number of aryl methyl sites for hydroxylation is 2. The fraction of sp³-hybridized carbons (Fsp3) is 0.200. The SMILES string of the molecule is Cc1nn(C)c2c1[C@H](c1cccc(Cl)c1Cl)C(C#N)=C(N)O2. The van der Waals surface area contributed by atoms with E-state index in [0.717, 1.165) is 11.3 Å². The Hall–Kier alpha value is -2.16. The summed E-state index contributed by atoms with van der Waals surface area (Å²) < 4.78 is 7.16. The fourth-order valence-electron chi connectivity index (χ4n) is 2.73. The van der Waals surface area contributed by atoms with E-state index in [1.54, 1.807) is 23.9 Å². The number of hydrogen-bond donors (Lipinski definition) is 1. The van der Waals surface area contributed by atoms with Gasteiger partial charge in [-0.1, -0.05) is 35.3 Å². The highest BCUT2D eigenvalue weighted by atomic mass is 35.5. The van der Waals surface area contributed by atoms with Gasteiger partial charge in [0.15, 0.2) is 0 Å². The lowest BCUT2D eigenvalue weighted by Crippen LogP contribution is -2.22. The molecule has 5 nitrogen and oxygen atoms in total. The molecular formula is C15H12Cl2N4O. The van der Waals surface area contributed by atoms with Gasteiger partial charge < -0.3 is 10.5 Å². The third-order valence-corrected chi connectivity index (χ3v) is 4.51. The molecule has 0 bridgehead atoms. The quantitative estimate of drug-likeness (QED) is 0.868. The molecule has 7 heteroatoms. The maximum atomic E-state index is 9.51. The summed E-state index contributed by atoms with van der Waals surface area (Å²) in [6.45, 7) is 1.85. The van der Waals surface area contributed by atoms with Gasteiger partial charge in [0.05, 0.1) is 27.2 Å². The van der Waals surface area contributed by atoms with E-state index in [1.165, 1.54) is 0 Å². The lowest BCUT2D eigenvalue weighted by Gasteiger charge is -2.25. The number of fused-ring (bicyclic) bond motifs is 1. The highest BCUT2D eigenvalue weighted by Gasteiger charge is 2.36. The first-order valence-electron chi connectivity index (χ1n) is 6.50. The van der Waals surface area contributed by atoms with Crippen LogP contribution in [0.1, 0.15) is 22.7 Å². The minimum Gasteiger partial charge on any atom is -0.422 e. The first-order valence-corrected chi connectivity index (χ1v) is 7.26. The maximum absolute atomic E-state index is 9.51. The van der Waals surface area contributed by atoms with Crippen LogP contribution < -0.4 is 10.5 Å². The number of nitriles is 1. The van der Waals surface area contributed by atoms with Crippen molar-refractivity contribution in [3.63, 3.8) is 0 Å². The molecular weight excluding hydrogens is 323 g/mol. The van der Waals surface area contributed by atoms with Crippen LogP contribution in [0.4, 0.5) is 0 Å². The molecule has 0 spiro atoms. The summed E-state index contributed by atoms with van der Waals surface area (Å²) in [6, 6.07) is 7.43. The fourth-order valence-corrected chi connectivity index (χ4v) is 3.14. The highest BCUT2D eigenvalue weighted by molar-refractivity contribution is 6.42. The van der Waals surface area contributed by atoms with E-state index in [4.69, 9.17) is 33.7 Å². The summed E-state index contributed by atoms with van der Waals surface area (Å²) in [5.74, 6) is 0.114. The van der Waals surface area contributed by atoms with Crippen LogP contribution in [0, 0.1) is 18.3 Å². The smallest absolute Gasteiger partial charge is 0.224 e. The largest absolute Gasteiger partial charge is 0.422 e. The van der Waals surface area contributed by atoms with E-state index >= 15 is 0 Å². The molecule has 0 aliphatic carbocycles. The second kappa shape index (κ2) is 5.24. The number of rotatable bonds is 1. The monoisotopic (exact) mass is 334 g/mol. The topological polar surface area (TPSA) is 76.9 Å². The summed E-state index contributed by atoms with van der Waals surface area (Å²) in [7, 11) is 1.76. The Balaban J connectivity index is 2.33. The van der Waals surface area contributed by atoms with Crippen LogP contribution in [0.2, 0.25) is 10.0 Å². The summed E-state index contributed by atoms with van der Waals surface area (Å²) in [4.78, 5) is 0. The molecule has 2 aromatic rings. The molecule has 1 aliphatic heterocycles. The van der Waals surface area contributed by atoms with Crippen LogP contribution in [0.15, 0.2) is 29.7 Å². The predicted molar refractivity (Wildman–Crippen MR) is 83.7 cm³/mol. The zero-order valence-corrected chi connectivity index (χ0v) is 13.4. The Morgan fingerprint density at radius 2 is 2.14 bits per heavy atom. The van der Waals surface area contributed by atoms with Crippen molar-refractivity contribution in [3.05, 3.63) is 56.5 Å². The molecule has 0 saturated heterocycles. The van der Waals surface area contributed by atoms with Crippen molar-refractivity contribution in [2.75, 3.05) is 0 Å². The number of benzene rings is 1. The molecule has 0 radical (unpaired) electrons. The number of hydrogen-bond acceptors (Lipinski definition) is 4. The van der Waals surface area contributed by atoms with Crippen LogP contribution in [-0.2, 0) is 7.05 Å². The minimum absolute atomic E-state index is 0.0547. The molecule has 1 aromatic carbocycles. The minimum atomic E-state index is -0.450. The second-order valence-corrected chi connectivity index (χ2v) is 5.78.